The number of H-pyrrole nitrogens is 1. The second kappa shape index (κ2) is 5.04. The van der Waals surface area contributed by atoms with Crippen molar-refractivity contribution in [3.05, 3.63) is 34.7 Å². The van der Waals surface area contributed by atoms with Crippen molar-refractivity contribution >= 4 is 34.4 Å². The van der Waals surface area contributed by atoms with E-state index in [-0.39, 0.29) is 23.3 Å². The van der Waals surface area contributed by atoms with Crippen LogP contribution in [-0.4, -0.2) is 39.5 Å². The lowest BCUT2D eigenvalue weighted by Crippen LogP contribution is -2.37. The topological polar surface area (TPSA) is 73.4 Å². The molecule has 1 aromatic carbocycles. The van der Waals surface area contributed by atoms with Crippen LogP contribution in [0.1, 0.15) is 23.3 Å². The highest BCUT2D eigenvalue weighted by atomic mass is 35.5. The first-order chi connectivity index (χ1) is 9.97. The third kappa shape index (κ3) is 2.58. The molecular weight excluding hydrogens is 299 g/mol. The van der Waals surface area contributed by atoms with Gasteiger partial charge in [-0.3, -0.25) is 9.59 Å². The molecule has 0 aliphatic heterocycles. The fourth-order valence-electron chi connectivity index (χ4n) is 2.32. The minimum absolute atomic E-state index is 0.0622. The van der Waals surface area contributed by atoms with Crippen LogP contribution in [0.5, 0.6) is 0 Å². The van der Waals surface area contributed by atoms with Crippen molar-refractivity contribution in [1.82, 2.24) is 9.88 Å². The zero-order valence-electron chi connectivity index (χ0n) is 10.9. The van der Waals surface area contributed by atoms with E-state index >= 15 is 0 Å². The summed E-state index contributed by atoms with van der Waals surface area (Å²) < 4.78 is 13.3. The van der Waals surface area contributed by atoms with Crippen molar-refractivity contribution in [2.24, 2.45) is 0 Å². The van der Waals surface area contributed by atoms with Gasteiger partial charge in [0, 0.05) is 16.9 Å². The summed E-state index contributed by atoms with van der Waals surface area (Å²) in [4.78, 5) is 27.5. The SMILES string of the molecule is O=C(O)CN(C(=O)c1[nH]c2ccc(F)cc2c1Cl)C1CC1. The average Bonchev–Trinajstić information content (AvgIpc) is 3.21. The fraction of sp³-hybridized carbons (Fsp3) is 0.286. The Morgan fingerprint density at radius 1 is 1.43 bits per heavy atom. The molecule has 21 heavy (non-hydrogen) atoms. The molecule has 5 nitrogen and oxygen atoms in total. The number of carbonyl (C=O) groups excluding carboxylic acids is 1. The standard InChI is InChI=1S/C14H12ClFN2O3/c15-12-9-5-7(16)1-4-10(9)17-13(12)14(21)18(6-11(19)20)8-2-3-8/h1,4-5,8,17H,2-3,6H2,(H,19,20). The van der Waals surface area contributed by atoms with Crippen LogP contribution in [0.25, 0.3) is 10.9 Å². The highest BCUT2D eigenvalue weighted by molar-refractivity contribution is 6.38. The number of halogens is 2. The number of nitrogens with zero attached hydrogens (tertiary/aromatic N) is 1. The van der Waals surface area contributed by atoms with Gasteiger partial charge in [-0.15, -0.1) is 0 Å². The van der Waals surface area contributed by atoms with Crippen LogP contribution in [-0.2, 0) is 4.79 Å². The highest BCUT2D eigenvalue weighted by Crippen LogP contribution is 2.32. The number of amides is 1. The zero-order chi connectivity index (χ0) is 15.1. The van der Waals surface area contributed by atoms with Gasteiger partial charge in [0.15, 0.2) is 0 Å². The molecule has 7 heteroatoms. The van der Waals surface area contributed by atoms with E-state index in [1.807, 2.05) is 0 Å². The number of hydrogen-bond acceptors (Lipinski definition) is 2. The van der Waals surface area contributed by atoms with Crippen LogP contribution in [0.2, 0.25) is 5.02 Å². The molecule has 0 saturated heterocycles. The molecule has 0 bridgehead atoms. The Hall–Kier alpha value is -2.08. The first-order valence-electron chi connectivity index (χ1n) is 6.47. The number of fused-ring (bicyclic) bond motifs is 1. The molecule has 1 fully saturated rings. The smallest absolute Gasteiger partial charge is 0.323 e. The molecule has 1 saturated carbocycles. The number of aliphatic carboxylic acids is 1. The molecular formula is C14H12ClFN2O3. The van der Waals surface area contributed by atoms with E-state index in [1.54, 1.807) is 0 Å². The van der Waals surface area contributed by atoms with Crippen LogP contribution >= 0.6 is 11.6 Å². The summed E-state index contributed by atoms with van der Waals surface area (Å²) in [6.07, 6.45) is 1.57. The van der Waals surface area contributed by atoms with E-state index in [4.69, 9.17) is 16.7 Å². The molecule has 0 radical (unpaired) electrons. The van der Waals surface area contributed by atoms with Gasteiger partial charge < -0.3 is 15.0 Å². The van der Waals surface area contributed by atoms with Gasteiger partial charge in [-0.1, -0.05) is 11.6 Å². The fourth-order valence-corrected chi connectivity index (χ4v) is 2.61. The van der Waals surface area contributed by atoms with Gasteiger partial charge in [0.1, 0.15) is 18.1 Å². The summed E-state index contributed by atoms with van der Waals surface area (Å²) in [6.45, 7) is -0.371. The summed E-state index contributed by atoms with van der Waals surface area (Å²) in [5.74, 6) is -2.00. The maximum Gasteiger partial charge on any atom is 0.323 e. The number of carbonyl (C=O) groups is 2. The lowest BCUT2D eigenvalue weighted by molar-refractivity contribution is -0.137. The van der Waals surface area contributed by atoms with Crippen molar-refractivity contribution in [2.45, 2.75) is 18.9 Å². The molecule has 110 valence electrons. The summed E-state index contributed by atoms with van der Waals surface area (Å²) >= 11 is 6.14. The predicted octanol–water partition coefficient (Wildman–Crippen LogP) is 2.65. The second-order valence-electron chi connectivity index (χ2n) is 5.06. The quantitative estimate of drug-likeness (QED) is 0.911. The van der Waals surface area contributed by atoms with Crippen LogP contribution in [0, 0.1) is 5.82 Å². The Labute approximate surface area is 124 Å². The molecule has 1 aliphatic rings. The van der Waals surface area contributed by atoms with Gasteiger partial charge in [0.05, 0.1) is 5.02 Å². The Morgan fingerprint density at radius 2 is 2.14 bits per heavy atom. The first-order valence-corrected chi connectivity index (χ1v) is 6.84. The molecule has 3 rings (SSSR count). The van der Waals surface area contributed by atoms with E-state index in [0.717, 1.165) is 12.8 Å². The van der Waals surface area contributed by atoms with Crippen molar-refractivity contribution in [3.63, 3.8) is 0 Å². The van der Waals surface area contributed by atoms with Gasteiger partial charge in [-0.2, -0.15) is 0 Å². The summed E-state index contributed by atoms with van der Waals surface area (Å²) in [5.41, 5.74) is 0.640. The molecule has 0 spiro atoms. The molecule has 1 aromatic heterocycles. The summed E-state index contributed by atoms with van der Waals surface area (Å²) in [7, 11) is 0. The number of rotatable bonds is 4. The molecule has 0 atom stereocenters. The van der Waals surface area contributed by atoms with E-state index < -0.39 is 17.7 Å². The first kappa shape index (κ1) is 13.9. The van der Waals surface area contributed by atoms with Crippen LogP contribution in [0.4, 0.5) is 4.39 Å². The van der Waals surface area contributed by atoms with Gasteiger partial charge in [0.2, 0.25) is 0 Å². The van der Waals surface area contributed by atoms with Crippen LogP contribution in [0.15, 0.2) is 18.2 Å². The predicted molar refractivity (Wildman–Crippen MR) is 75.0 cm³/mol. The van der Waals surface area contributed by atoms with Crippen molar-refractivity contribution in [3.8, 4) is 0 Å². The number of benzene rings is 1. The number of hydrogen-bond donors (Lipinski definition) is 2. The maximum atomic E-state index is 13.3. The lowest BCUT2D eigenvalue weighted by atomic mass is 10.2. The Bertz CT molecular complexity index is 739. The zero-order valence-corrected chi connectivity index (χ0v) is 11.7. The van der Waals surface area contributed by atoms with Crippen LogP contribution < -0.4 is 0 Å². The number of aromatic nitrogens is 1. The van der Waals surface area contributed by atoms with E-state index in [1.165, 1.54) is 23.1 Å². The van der Waals surface area contributed by atoms with E-state index in [9.17, 15) is 14.0 Å². The molecule has 1 aliphatic carbocycles. The third-order valence-electron chi connectivity index (χ3n) is 3.47. The normalized spacial score (nSPS) is 14.4. The second-order valence-corrected chi connectivity index (χ2v) is 5.44. The molecule has 0 unspecified atom stereocenters. The molecule has 2 aromatic rings. The minimum atomic E-state index is -1.08. The largest absolute Gasteiger partial charge is 0.480 e. The van der Waals surface area contributed by atoms with E-state index in [2.05, 4.69) is 4.98 Å². The van der Waals surface area contributed by atoms with Crippen molar-refractivity contribution < 1.29 is 19.1 Å². The number of aromatic amines is 1. The lowest BCUT2D eigenvalue weighted by Gasteiger charge is -2.19. The summed E-state index contributed by atoms with van der Waals surface area (Å²) in [6, 6.07) is 3.93. The minimum Gasteiger partial charge on any atom is -0.480 e. The number of nitrogens with one attached hydrogen (secondary N) is 1. The monoisotopic (exact) mass is 310 g/mol. The molecule has 1 amide bonds. The van der Waals surface area contributed by atoms with E-state index in [0.29, 0.717) is 10.9 Å². The maximum absolute atomic E-state index is 13.3. The highest BCUT2D eigenvalue weighted by Gasteiger charge is 2.35. The van der Waals surface area contributed by atoms with Crippen LogP contribution in [0.3, 0.4) is 0 Å². The van der Waals surface area contributed by atoms with Crippen molar-refractivity contribution in [2.75, 3.05) is 6.54 Å². The number of carboxylic acid groups (broad SMARTS) is 1. The molecule has 2 N–H and O–H groups in total. The van der Waals surface area contributed by atoms with Gasteiger partial charge in [-0.25, -0.2) is 4.39 Å². The number of carboxylic acids is 1. The van der Waals surface area contributed by atoms with Gasteiger partial charge in [0.25, 0.3) is 5.91 Å². The Morgan fingerprint density at radius 3 is 2.76 bits per heavy atom. The molecule has 1 heterocycles. The Kier molecular flexibility index (Phi) is 3.33. The van der Waals surface area contributed by atoms with Gasteiger partial charge in [-0.05, 0) is 31.0 Å². The third-order valence-corrected chi connectivity index (χ3v) is 3.86. The summed E-state index contributed by atoms with van der Waals surface area (Å²) in [5, 5.41) is 9.44. The average molecular weight is 311 g/mol. The Balaban J connectivity index is 2.00. The van der Waals surface area contributed by atoms with Crippen molar-refractivity contribution in [1.29, 1.82) is 0 Å². The van der Waals surface area contributed by atoms with Gasteiger partial charge >= 0.3 is 5.97 Å².